The molecule has 4 aliphatic carbocycles. The lowest BCUT2D eigenvalue weighted by Crippen LogP contribution is -2.41. The van der Waals surface area contributed by atoms with Crippen molar-refractivity contribution in [2.45, 2.75) is 125 Å². The third-order valence-electron chi connectivity index (χ3n) is 10.1. The molecule has 0 radical (unpaired) electrons. The molecule has 2 N–H and O–H groups in total. The highest BCUT2D eigenvalue weighted by atomic mass is 16.4. The fourth-order valence-electron chi connectivity index (χ4n) is 8.05. The highest BCUT2D eigenvalue weighted by molar-refractivity contribution is 5.75. The summed E-state index contributed by atoms with van der Waals surface area (Å²) in [6.07, 6.45) is 19.4. The Morgan fingerprint density at radius 1 is 0.943 bits per heavy atom. The number of aliphatic carboxylic acids is 2. The van der Waals surface area contributed by atoms with E-state index in [-0.39, 0.29) is 12.8 Å². The summed E-state index contributed by atoms with van der Waals surface area (Å²) in [6, 6.07) is 0. The quantitative estimate of drug-likeness (QED) is 0.361. The molecule has 0 aromatic rings. The maximum Gasteiger partial charge on any atom is 0.303 e. The fourth-order valence-corrected chi connectivity index (χ4v) is 8.05. The average molecular weight is 487 g/mol. The molecule has 5 atom stereocenters. The van der Waals surface area contributed by atoms with Crippen LogP contribution < -0.4 is 0 Å². The van der Waals surface area contributed by atoms with Gasteiger partial charge in [-0.1, -0.05) is 78.4 Å². The lowest BCUT2D eigenvalue weighted by Gasteiger charge is -2.53. The van der Waals surface area contributed by atoms with E-state index in [1.165, 1.54) is 77.0 Å². The van der Waals surface area contributed by atoms with E-state index < -0.39 is 11.9 Å². The van der Waals surface area contributed by atoms with E-state index in [1.54, 1.807) is 0 Å². The van der Waals surface area contributed by atoms with E-state index in [9.17, 15) is 9.59 Å². The minimum absolute atomic E-state index is 0.296. The van der Waals surface area contributed by atoms with Crippen molar-refractivity contribution < 1.29 is 19.8 Å². The zero-order valence-corrected chi connectivity index (χ0v) is 23.0. The van der Waals surface area contributed by atoms with Crippen molar-refractivity contribution in [2.24, 2.45) is 34.5 Å². The van der Waals surface area contributed by atoms with Crippen LogP contribution in [0.15, 0.2) is 22.8 Å². The summed E-state index contributed by atoms with van der Waals surface area (Å²) in [5, 5.41) is 15.8. The first-order valence-electron chi connectivity index (χ1n) is 14.4. The SMILES string of the molecule is CC(C)CCC[C@@H](C)[C@H]1CC=C2C3=C(CC[C@@]21C)[C@@]1(C)CCCC[C@@H]1CC3.O=C(O)CCC(=O)O. The maximum atomic E-state index is 9.64. The van der Waals surface area contributed by atoms with Crippen molar-refractivity contribution >= 4 is 11.9 Å². The highest BCUT2D eigenvalue weighted by Gasteiger charge is 2.52. The van der Waals surface area contributed by atoms with E-state index >= 15 is 0 Å². The molecular weight excluding hydrogens is 436 g/mol. The van der Waals surface area contributed by atoms with Gasteiger partial charge in [0.1, 0.15) is 0 Å². The lowest BCUT2D eigenvalue weighted by molar-refractivity contribution is -0.143. The van der Waals surface area contributed by atoms with Gasteiger partial charge in [-0.05, 0) is 90.6 Å². The summed E-state index contributed by atoms with van der Waals surface area (Å²) < 4.78 is 0. The number of carboxylic acids is 2. The molecule has 0 saturated heterocycles. The van der Waals surface area contributed by atoms with Crippen LogP contribution in [0.4, 0.5) is 0 Å². The molecule has 4 rings (SSSR count). The Hall–Kier alpha value is -1.58. The predicted molar refractivity (Wildman–Crippen MR) is 142 cm³/mol. The first-order chi connectivity index (χ1) is 16.5. The summed E-state index contributed by atoms with van der Waals surface area (Å²) in [7, 11) is 0. The summed E-state index contributed by atoms with van der Waals surface area (Å²) in [6.45, 7) is 12.6. The number of fused-ring (bicyclic) bond motifs is 4. The molecule has 0 heterocycles. The number of rotatable bonds is 8. The Balaban J connectivity index is 0.000000371. The molecule has 0 bridgehead atoms. The van der Waals surface area contributed by atoms with Gasteiger partial charge in [-0.15, -0.1) is 0 Å². The smallest absolute Gasteiger partial charge is 0.303 e. The van der Waals surface area contributed by atoms with Crippen LogP contribution in [0.25, 0.3) is 0 Å². The van der Waals surface area contributed by atoms with Crippen molar-refractivity contribution in [3.8, 4) is 0 Å². The summed E-state index contributed by atoms with van der Waals surface area (Å²) >= 11 is 0. The van der Waals surface area contributed by atoms with Crippen LogP contribution in [-0.2, 0) is 9.59 Å². The van der Waals surface area contributed by atoms with Crippen LogP contribution >= 0.6 is 0 Å². The number of hydrogen-bond acceptors (Lipinski definition) is 2. The minimum Gasteiger partial charge on any atom is -0.481 e. The van der Waals surface area contributed by atoms with Crippen molar-refractivity contribution in [3.63, 3.8) is 0 Å². The maximum absolute atomic E-state index is 9.64. The second-order valence-corrected chi connectivity index (χ2v) is 12.8. The van der Waals surface area contributed by atoms with Crippen LogP contribution in [0.3, 0.4) is 0 Å². The molecule has 0 aliphatic heterocycles. The largest absolute Gasteiger partial charge is 0.481 e. The standard InChI is InChI=1S/C27H44.C4H6O4/c1-19(2)9-8-10-20(3)23-14-15-24-22-13-12-21-11-6-7-17-26(21,4)25(22)16-18-27(23,24)5;5-3(6)1-2-4(7)8/h15,19-21,23H,6-14,16-18H2,1-5H3;1-2H2,(H,5,6)(H,7,8)/t20-,21-,23-,26+,27-;/m1./s1. The van der Waals surface area contributed by atoms with Crippen molar-refractivity contribution in [3.05, 3.63) is 22.8 Å². The molecule has 0 amide bonds. The van der Waals surface area contributed by atoms with Crippen molar-refractivity contribution in [2.75, 3.05) is 0 Å². The molecule has 0 aromatic carbocycles. The topological polar surface area (TPSA) is 74.6 Å². The van der Waals surface area contributed by atoms with Gasteiger partial charge in [-0.2, -0.15) is 0 Å². The molecule has 0 unspecified atom stereocenters. The molecular formula is C31H50O4. The fraction of sp³-hybridized carbons (Fsp3) is 0.806. The molecule has 198 valence electrons. The monoisotopic (exact) mass is 486 g/mol. The first kappa shape index (κ1) is 28.0. The lowest BCUT2D eigenvalue weighted by atomic mass is 9.52. The molecule has 0 spiro atoms. The summed E-state index contributed by atoms with van der Waals surface area (Å²) in [5.74, 6) is 1.47. The van der Waals surface area contributed by atoms with Crippen LogP contribution in [0.2, 0.25) is 0 Å². The molecule has 4 aliphatic rings. The minimum atomic E-state index is -1.08. The number of hydrogen-bond donors (Lipinski definition) is 2. The van der Waals surface area contributed by atoms with Crippen molar-refractivity contribution in [1.29, 1.82) is 0 Å². The summed E-state index contributed by atoms with van der Waals surface area (Å²) in [4.78, 5) is 19.3. The molecule has 4 nitrogen and oxygen atoms in total. The van der Waals surface area contributed by atoms with Gasteiger partial charge in [0.05, 0.1) is 12.8 Å². The molecule has 0 aromatic heterocycles. The Morgan fingerprint density at radius 2 is 1.63 bits per heavy atom. The van der Waals surface area contributed by atoms with E-state index in [0.29, 0.717) is 10.8 Å². The van der Waals surface area contributed by atoms with Gasteiger partial charge in [-0.25, -0.2) is 0 Å². The van der Waals surface area contributed by atoms with E-state index in [0.717, 1.165) is 23.7 Å². The number of carbonyl (C=O) groups is 2. The Bertz CT molecular complexity index is 823. The molecule has 1 saturated carbocycles. The zero-order valence-electron chi connectivity index (χ0n) is 23.0. The van der Waals surface area contributed by atoms with E-state index in [1.807, 2.05) is 16.7 Å². The summed E-state index contributed by atoms with van der Waals surface area (Å²) in [5.41, 5.74) is 6.65. The van der Waals surface area contributed by atoms with Gasteiger partial charge in [0, 0.05) is 0 Å². The van der Waals surface area contributed by atoms with Gasteiger partial charge in [0.15, 0.2) is 0 Å². The zero-order chi connectivity index (χ0) is 25.8. The second-order valence-electron chi connectivity index (χ2n) is 12.8. The molecule has 35 heavy (non-hydrogen) atoms. The van der Waals surface area contributed by atoms with E-state index in [2.05, 4.69) is 40.7 Å². The van der Waals surface area contributed by atoms with Crippen LogP contribution in [0.1, 0.15) is 125 Å². The van der Waals surface area contributed by atoms with Gasteiger partial charge in [0.2, 0.25) is 0 Å². The van der Waals surface area contributed by atoms with Crippen LogP contribution in [0, 0.1) is 34.5 Å². The van der Waals surface area contributed by atoms with Gasteiger partial charge < -0.3 is 10.2 Å². The van der Waals surface area contributed by atoms with Crippen LogP contribution in [-0.4, -0.2) is 22.2 Å². The third kappa shape index (κ3) is 6.23. The number of allylic oxidation sites excluding steroid dienone is 4. The first-order valence-corrected chi connectivity index (χ1v) is 14.4. The van der Waals surface area contributed by atoms with Gasteiger partial charge >= 0.3 is 11.9 Å². The van der Waals surface area contributed by atoms with Crippen molar-refractivity contribution in [1.82, 2.24) is 0 Å². The second kappa shape index (κ2) is 11.6. The molecule has 1 fully saturated rings. The third-order valence-corrected chi connectivity index (χ3v) is 10.1. The highest BCUT2D eigenvalue weighted by Crippen LogP contribution is 2.64. The van der Waals surface area contributed by atoms with Crippen LogP contribution in [0.5, 0.6) is 0 Å². The average Bonchev–Trinajstić information content (AvgIpc) is 3.14. The molecule has 4 heteroatoms. The Kier molecular flexibility index (Phi) is 9.32. The van der Waals surface area contributed by atoms with Gasteiger partial charge in [-0.3, -0.25) is 9.59 Å². The van der Waals surface area contributed by atoms with Gasteiger partial charge in [0.25, 0.3) is 0 Å². The predicted octanol–water partition coefficient (Wildman–Crippen LogP) is 8.42. The Morgan fingerprint density at radius 3 is 2.26 bits per heavy atom. The number of carboxylic acid groups (broad SMARTS) is 2. The normalized spacial score (nSPS) is 32.6. The Labute approximate surface area is 213 Å². The van der Waals surface area contributed by atoms with E-state index in [4.69, 9.17) is 10.2 Å².